The molecular weight excluding hydrogens is 268 g/mol. The number of halogens is 1. The van der Waals surface area contributed by atoms with Gasteiger partial charge < -0.3 is 10.8 Å². The molecule has 1 heterocycles. The molecule has 0 bridgehead atoms. The Morgan fingerprint density at radius 1 is 1.33 bits per heavy atom. The second kappa shape index (κ2) is 5.87. The number of piperidine rings is 1. The molecule has 0 aliphatic carbocycles. The number of hydrogen-bond donors (Lipinski definition) is 2. The van der Waals surface area contributed by atoms with Crippen molar-refractivity contribution in [3.05, 3.63) is 28.8 Å². The maximum atomic E-state index is 9.98. The lowest BCUT2D eigenvalue weighted by molar-refractivity contribution is 0.201. The van der Waals surface area contributed by atoms with Crippen molar-refractivity contribution in [1.82, 2.24) is 4.90 Å². The topological polar surface area (TPSA) is 49.5 Å². The summed E-state index contributed by atoms with van der Waals surface area (Å²) in [4.78, 5) is 2.60. The maximum absolute atomic E-state index is 9.98. The molecular formula is C13H17ClN2OS. The van der Waals surface area contributed by atoms with Crippen LogP contribution in [0.1, 0.15) is 30.9 Å². The second-order valence-corrected chi connectivity index (χ2v) is 5.51. The van der Waals surface area contributed by atoms with Gasteiger partial charge in [-0.15, -0.1) is 0 Å². The fraction of sp³-hybridized carbons (Fsp3) is 0.462. The summed E-state index contributed by atoms with van der Waals surface area (Å²) >= 11 is 11.2. The molecule has 98 valence electrons. The van der Waals surface area contributed by atoms with Gasteiger partial charge in [-0.3, -0.25) is 4.90 Å². The summed E-state index contributed by atoms with van der Waals surface area (Å²) < 4.78 is 0. The lowest BCUT2D eigenvalue weighted by Crippen LogP contribution is -2.40. The minimum atomic E-state index is -0.223. The van der Waals surface area contributed by atoms with Gasteiger partial charge >= 0.3 is 0 Å². The number of benzene rings is 1. The molecule has 1 aliphatic rings. The number of aromatic hydroxyl groups is 1. The molecule has 1 aromatic carbocycles. The molecule has 18 heavy (non-hydrogen) atoms. The molecule has 0 radical (unpaired) electrons. The highest BCUT2D eigenvalue weighted by molar-refractivity contribution is 7.80. The fourth-order valence-corrected chi connectivity index (χ4v) is 2.91. The number of thiocarbonyl (C=S) groups is 1. The highest BCUT2D eigenvalue weighted by atomic mass is 35.5. The van der Waals surface area contributed by atoms with Crippen molar-refractivity contribution in [2.24, 2.45) is 5.73 Å². The van der Waals surface area contributed by atoms with Crippen molar-refractivity contribution in [3.63, 3.8) is 0 Å². The van der Waals surface area contributed by atoms with Crippen LogP contribution in [0.15, 0.2) is 18.2 Å². The third kappa shape index (κ3) is 2.94. The predicted molar refractivity (Wildman–Crippen MR) is 78.1 cm³/mol. The van der Waals surface area contributed by atoms with Crippen molar-refractivity contribution in [2.45, 2.75) is 25.3 Å². The zero-order chi connectivity index (χ0) is 13.1. The standard InChI is InChI=1S/C13H17ClN2OS/c14-9-4-5-11(17)10(8-9)12(13(15)18)16-6-2-1-3-7-16/h4-5,8,12,17H,1-3,6-7H2,(H2,15,18). The van der Waals surface area contributed by atoms with Crippen molar-refractivity contribution in [3.8, 4) is 5.75 Å². The number of phenols is 1. The first-order valence-electron chi connectivity index (χ1n) is 6.11. The summed E-state index contributed by atoms with van der Waals surface area (Å²) in [6.45, 7) is 1.90. The molecule has 3 nitrogen and oxygen atoms in total. The van der Waals surface area contributed by atoms with E-state index in [1.807, 2.05) is 0 Å². The van der Waals surface area contributed by atoms with Crippen LogP contribution in [0, 0.1) is 0 Å². The van der Waals surface area contributed by atoms with Crippen LogP contribution in [0.3, 0.4) is 0 Å². The Balaban J connectivity index is 2.34. The summed E-state index contributed by atoms with van der Waals surface area (Å²) in [6, 6.07) is 4.77. The molecule has 0 saturated carbocycles. The summed E-state index contributed by atoms with van der Waals surface area (Å²) in [6.07, 6.45) is 3.52. The van der Waals surface area contributed by atoms with Gasteiger partial charge in [-0.1, -0.05) is 30.2 Å². The number of nitrogens with zero attached hydrogens (tertiary/aromatic N) is 1. The third-order valence-corrected chi connectivity index (χ3v) is 3.77. The zero-order valence-corrected chi connectivity index (χ0v) is 11.7. The first-order chi connectivity index (χ1) is 8.59. The Kier molecular flexibility index (Phi) is 4.43. The van der Waals surface area contributed by atoms with Crippen LogP contribution in [-0.2, 0) is 0 Å². The van der Waals surface area contributed by atoms with E-state index in [0.717, 1.165) is 25.9 Å². The van der Waals surface area contributed by atoms with E-state index < -0.39 is 0 Å². The fourth-order valence-electron chi connectivity index (χ4n) is 2.45. The third-order valence-electron chi connectivity index (χ3n) is 3.31. The van der Waals surface area contributed by atoms with Crippen LogP contribution in [0.25, 0.3) is 0 Å². The van der Waals surface area contributed by atoms with Crippen LogP contribution in [0.5, 0.6) is 5.75 Å². The smallest absolute Gasteiger partial charge is 0.120 e. The molecule has 0 spiro atoms. The SMILES string of the molecule is NC(=S)C(c1cc(Cl)ccc1O)N1CCCCC1. The summed E-state index contributed by atoms with van der Waals surface area (Å²) in [5, 5.41) is 10.6. The summed E-state index contributed by atoms with van der Waals surface area (Å²) in [5.41, 5.74) is 6.56. The number of hydrogen-bond acceptors (Lipinski definition) is 3. The van der Waals surface area contributed by atoms with Gasteiger partial charge in [0.1, 0.15) is 5.75 Å². The Morgan fingerprint density at radius 3 is 2.61 bits per heavy atom. The van der Waals surface area contributed by atoms with Gasteiger partial charge in [-0.2, -0.15) is 0 Å². The first-order valence-corrected chi connectivity index (χ1v) is 6.90. The number of likely N-dealkylation sites (tertiary alicyclic amines) is 1. The van der Waals surface area contributed by atoms with E-state index in [1.165, 1.54) is 6.42 Å². The molecule has 5 heteroatoms. The van der Waals surface area contributed by atoms with Crippen molar-refractivity contribution >= 4 is 28.8 Å². The van der Waals surface area contributed by atoms with E-state index in [2.05, 4.69) is 4.90 Å². The Hall–Kier alpha value is -0.840. The van der Waals surface area contributed by atoms with E-state index in [-0.39, 0.29) is 11.8 Å². The predicted octanol–water partition coefficient (Wildman–Crippen LogP) is 2.86. The lowest BCUT2D eigenvalue weighted by atomic mass is 10.0. The maximum Gasteiger partial charge on any atom is 0.120 e. The molecule has 1 aromatic rings. The van der Waals surface area contributed by atoms with E-state index in [9.17, 15) is 5.11 Å². The Morgan fingerprint density at radius 2 is 2.00 bits per heavy atom. The van der Waals surface area contributed by atoms with Crippen LogP contribution < -0.4 is 5.73 Å². The average molecular weight is 285 g/mol. The van der Waals surface area contributed by atoms with E-state index in [0.29, 0.717) is 15.6 Å². The quantitative estimate of drug-likeness (QED) is 0.838. The minimum absolute atomic E-state index is 0.197. The second-order valence-electron chi connectivity index (χ2n) is 4.60. The van der Waals surface area contributed by atoms with Gasteiger partial charge in [-0.05, 0) is 44.1 Å². The molecule has 0 aromatic heterocycles. The van der Waals surface area contributed by atoms with Gasteiger partial charge in [0.05, 0.1) is 11.0 Å². The first kappa shape index (κ1) is 13.6. The largest absolute Gasteiger partial charge is 0.508 e. The lowest BCUT2D eigenvalue weighted by Gasteiger charge is -2.34. The summed E-state index contributed by atoms with van der Waals surface area (Å²) in [7, 11) is 0. The zero-order valence-electron chi connectivity index (χ0n) is 10.1. The van der Waals surface area contributed by atoms with Crippen LogP contribution in [0.2, 0.25) is 5.02 Å². The highest BCUT2D eigenvalue weighted by Crippen LogP contribution is 2.32. The van der Waals surface area contributed by atoms with Gasteiger partial charge in [0, 0.05) is 10.6 Å². The molecule has 1 atom stereocenters. The van der Waals surface area contributed by atoms with E-state index >= 15 is 0 Å². The Bertz CT molecular complexity index is 447. The van der Waals surface area contributed by atoms with Gasteiger partial charge in [-0.25, -0.2) is 0 Å². The van der Waals surface area contributed by atoms with Crippen molar-refractivity contribution in [2.75, 3.05) is 13.1 Å². The van der Waals surface area contributed by atoms with Crippen molar-refractivity contribution < 1.29 is 5.11 Å². The van der Waals surface area contributed by atoms with Gasteiger partial charge in [0.25, 0.3) is 0 Å². The molecule has 1 fully saturated rings. The van der Waals surface area contributed by atoms with E-state index in [1.54, 1.807) is 18.2 Å². The highest BCUT2D eigenvalue weighted by Gasteiger charge is 2.26. The Labute approximate surface area is 118 Å². The van der Waals surface area contributed by atoms with E-state index in [4.69, 9.17) is 29.6 Å². The van der Waals surface area contributed by atoms with Crippen molar-refractivity contribution in [1.29, 1.82) is 0 Å². The monoisotopic (exact) mass is 284 g/mol. The molecule has 1 saturated heterocycles. The van der Waals surface area contributed by atoms with Crippen LogP contribution in [0.4, 0.5) is 0 Å². The minimum Gasteiger partial charge on any atom is -0.508 e. The molecule has 3 N–H and O–H groups in total. The summed E-state index contributed by atoms with van der Waals surface area (Å²) in [5.74, 6) is 0.197. The normalized spacial score (nSPS) is 18.5. The van der Waals surface area contributed by atoms with Crippen LogP contribution in [-0.4, -0.2) is 28.1 Å². The van der Waals surface area contributed by atoms with Crippen LogP contribution >= 0.6 is 23.8 Å². The molecule has 2 rings (SSSR count). The number of phenolic OH excluding ortho intramolecular Hbond substituents is 1. The average Bonchev–Trinajstić information content (AvgIpc) is 2.35. The molecule has 0 amide bonds. The molecule has 1 aliphatic heterocycles. The van der Waals surface area contributed by atoms with Gasteiger partial charge in [0.15, 0.2) is 0 Å². The number of rotatable bonds is 3. The number of nitrogens with two attached hydrogens (primary N) is 1. The molecule has 1 unspecified atom stereocenters. The van der Waals surface area contributed by atoms with Gasteiger partial charge in [0.2, 0.25) is 0 Å².